The van der Waals surface area contributed by atoms with Crippen molar-refractivity contribution in [1.82, 2.24) is 14.7 Å². The molecule has 0 bridgehead atoms. The van der Waals surface area contributed by atoms with Gasteiger partial charge >= 0.3 is 0 Å². The molecule has 190 valence electrons. The number of primary amides is 1. The van der Waals surface area contributed by atoms with Crippen molar-refractivity contribution in [3.8, 4) is 17.2 Å². The standard InChI is InChI=1S/C29H30FN5O2/c30-27-19-34(17-20-6-8-22(9-7-20)21-4-2-1-3-5-21)15-13-29(27,12-14-31)35-18-24(28(32)37)25(33-35)16-26(36)23-10-11-23/h1-9,18,23,27H,10-13,15-17,19H2,(H2,32,37)/t27-,29+/m0/s1. The first-order valence-corrected chi connectivity index (χ1v) is 12.7. The molecule has 0 unspecified atom stereocenters. The second-order valence-corrected chi connectivity index (χ2v) is 10.2. The number of benzene rings is 2. The quantitative estimate of drug-likeness (QED) is 0.479. The van der Waals surface area contributed by atoms with Crippen molar-refractivity contribution in [2.45, 2.75) is 50.4 Å². The Morgan fingerprint density at radius 2 is 1.81 bits per heavy atom. The average molecular weight is 500 g/mol. The predicted molar refractivity (Wildman–Crippen MR) is 137 cm³/mol. The minimum absolute atomic E-state index is 0.000623. The largest absolute Gasteiger partial charge is 0.365 e. The SMILES string of the molecule is N#CC[C@@]1(n2cc(C(N)=O)c(CC(=O)C3CC3)n2)CCN(Cc2ccc(-c3ccccc3)cc2)C[C@@H]1F. The Hall–Kier alpha value is -3.83. The van der Waals surface area contributed by atoms with Gasteiger partial charge < -0.3 is 5.73 Å². The summed E-state index contributed by atoms with van der Waals surface area (Å²) in [6.45, 7) is 1.28. The van der Waals surface area contributed by atoms with E-state index in [9.17, 15) is 14.9 Å². The van der Waals surface area contributed by atoms with E-state index in [0.717, 1.165) is 29.5 Å². The Bertz CT molecular complexity index is 1330. The molecular formula is C29H30FN5O2. The van der Waals surface area contributed by atoms with Crippen molar-refractivity contribution in [1.29, 1.82) is 5.26 Å². The highest BCUT2D eigenvalue weighted by Gasteiger charge is 2.46. The molecule has 37 heavy (non-hydrogen) atoms. The summed E-state index contributed by atoms with van der Waals surface area (Å²) in [6.07, 6.45) is 1.99. The smallest absolute Gasteiger partial charge is 0.252 e. The maximum Gasteiger partial charge on any atom is 0.252 e. The van der Waals surface area contributed by atoms with Crippen LogP contribution >= 0.6 is 0 Å². The van der Waals surface area contributed by atoms with Gasteiger partial charge in [-0.05, 0) is 36.0 Å². The molecule has 2 fully saturated rings. The average Bonchev–Trinajstić information content (AvgIpc) is 3.67. The normalized spacial score (nSPS) is 21.9. The van der Waals surface area contributed by atoms with Crippen LogP contribution in [0.1, 0.15) is 47.3 Å². The number of Topliss-reactive ketones (excluding diaryl/α,β-unsaturated/α-hetero) is 1. The molecule has 7 nitrogen and oxygen atoms in total. The Labute approximate surface area is 215 Å². The number of halogens is 1. The van der Waals surface area contributed by atoms with Crippen molar-refractivity contribution in [3.05, 3.63) is 77.6 Å². The number of amides is 1. The molecule has 2 aromatic carbocycles. The Balaban J connectivity index is 1.32. The summed E-state index contributed by atoms with van der Waals surface area (Å²) in [5.74, 6) is -0.673. The number of nitrogens with two attached hydrogens (primary N) is 1. The fourth-order valence-electron chi connectivity index (χ4n) is 5.20. The monoisotopic (exact) mass is 499 g/mol. The minimum Gasteiger partial charge on any atom is -0.365 e. The molecule has 1 saturated heterocycles. The number of nitriles is 1. The third-order valence-electron chi connectivity index (χ3n) is 7.60. The third kappa shape index (κ3) is 5.18. The topological polar surface area (TPSA) is 105 Å². The molecule has 1 aliphatic heterocycles. The number of likely N-dealkylation sites (tertiary alicyclic amines) is 1. The first-order valence-electron chi connectivity index (χ1n) is 12.7. The van der Waals surface area contributed by atoms with Crippen LogP contribution in [0.15, 0.2) is 60.8 Å². The first kappa shape index (κ1) is 24.8. The lowest BCUT2D eigenvalue weighted by atomic mass is 9.83. The molecule has 2 aliphatic rings. The van der Waals surface area contributed by atoms with Crippen LogP contribution in [0.3, 0.4) is 0 Å². The predicted octanol–water partition coefficient (Wildman–Crippen LogP) is 4.02. The molecule has 5 rings (SSSR count). The zero-order valence-corrected chi connectivity index (χ0v) is 20.6. The summed E-state index contributed by atoms with van der Waals surface area (Å²) in [5, 5.41) is 14.1. The van der Waals surface area contributed by atoms with E-state index in [-0.39, 0.29) is 42.3 Å². The Kier molecular flexibility index (Phi) is 6.90. The highest BCUT2D eigenvalue weighted by molar-refractivity contribution is 5.95. The van der Waals surface area contributed by atoms with Gasteiger partial charge in [0.05, 0.1) is 30.2 Å². The highest BCUT2D eigenvalue weighted by Crippen LogP contribution is 2.37. The van der Waals surface area contributed by atoms with Crippen molar-refractivity contribution < 1.29 is 14.0 Å². The third-order valence-corrected chi connectivity index (χ3v) is 7.60. The Morgan fingerprint density at radius 1 is 1.11 bits per heavy atom. The molecule has 1 saturated carbocycles. The Morgan fingerprint density at radius 3 is 2.43 bits per heavy atom. The van der Waals surface area contributed by atoms with E-state index in [1.165, 1.54) is 10.9 Å². The van der Waals surface area contributed by atoms with E-state index in [1.54, 1.807) is 0 Å². The molecular weight excluding hydrogens is 469 g/mol. The summed E-state index contributed by atoms with van der Waals surface area (Å²) in [7, 11) is 0. The molecule has 1 aromatic heterocycles. The number of hydrogen-bond donors (Lipinski definition) is 1. The number of nitrogens with zero attached hydrogens (tertiary/aromatic N) is 4. The summed E-state index contributed by atoms with van der Waals surface area (Å²) in [4.78, 5) is 26.5. The van der Waals surface area contributed by atoms with E-state index < -0.39 is 17.6 Å². The van der Waals surface area contributed by atoms with Crippen molar-refractivity contribution in [2.75, 3.05) is 13.1 Å². The van der Waals surface area contributed by atoms with Gasteiger partial charge in [0.25, 0.3) is 5.91 Å². The van der Waals surface area contributed by atoms with Gasteiger partial charge in [-0.1, -0.05) is 54.6 Å². The van der Waals surface area contributed by atoms with Gasteiger partial charge in [0.15, 0.2) is 0 Å². The molecule has 3 aromatic rings. The van der Waals surface area contributed by atoms with Crippen LogP contribution in [0, 0.1) is 17.2 Å². The number of rotatable bonds is 9. The number of carbonyl (C=O) groups is 2. The zero-order chi connectivity index (χ0) is 26.0. The maximum absolute atomic E-state index is 15.9. The second-order valence-electron chi connectivity index (χ2n) is 10.2. The summed E-state index contributed by atoms with van der Waals surface area (Å²) < 4.78 is 17.3. The van der Waals surface area contributed by atoms with Crippen LogP contribution in [0.25, 0.3) is 11.1 Å². The molecule has 8 heteroatoms. The lowest BCUT2D eigenvalue weighted by Gasteiger charge is -2.43. The van der Waals surface area contributed by atoms with Crippen molar-refractivity contribution in [3.63, 3.8) is 0 Å². The zero-order valence-electron chi connectivity index (χ0n) is 20.6. The van der Waals surface area contributed by atoms with E-state index >= 15 is 4.39 Å². The number of carbonyl (C=O) groups excluding carboxylic acids is 2. The first-order chi connectivity index (χ1) is 17.9. The van der Waals surface area contributed by atoms with Crippen LogP contribution in [0.2, 0.25) is 0 Å². The van der Waals surface area contributed by atoms with Gasteiger partial charge in [-0.15, -0.1) is 0 Å². The molecule has 2 heterocycles. The van der Waals surface area contributed by atoms with Crippen LogP contribution in [-0.2, 0) is 23.3 Å². The molecule has 0 radical (unpaired) electrons. The van der Waals surface area contributed by atoms with E-state index in [4.69, 9.17) is 5.73 Å². The highest BCUT2D eigenvalue weighted by atomic mass is 19.1. The number of piperidine rings is 1. The van der Waals surface area contributed by atoms with Gasteiger partial charge in [0, 0.05) is 31.7 Å². The van der Waals surface area contributed by atoms with Gasteiger partial charge in [-0.25, -0.2) is 4.39 Å². The number of alkyl halides is 1. The number of hydrogen-bond acceptors (Lipinski definition) is 5. The molecule has 2 N–H and O–H groups in total. The molecule has 1 amide bonds. The maximum atomic E-state index is 15.9. The minimum atomic E-state index is -1.39. The summed E-state index contributed by atoms with van der Waals surface area (Å²) in [5.41, 5.74) is 8.09. The van der Waals surface area contributed by atoms with E-state index in [1.807, 2.05) is 23.1 Å². The van der Waals surface area contributed by atoms with Crippen LogP contribution in [-0.4, -0.2) is 45.6 Å². The van der Waals surface area contributed by atoms with Crippen LogP contribution in [0.4, 0.5) is 4.39 Å². The lowest BCUT2D eigenvalue weighted by Crippen LogP contribution is -2.54. The molecule has 0 spiro atoms. The van der Waals surface area contributed by atoms with Crippen molar-refractivity contribution in [2.24, 2.45) is 11.7 Å². The number of aromatic nitrogens is 2. The van der Waals surface area contributed by atoms with E-state index in [2.05, 4.69) is 47.6 Å². The second kappa shape index (κ2) is 10.3. The number of ketones is 1. The summed E-state index contributed by atoms with van der Waals surface area (Å²) in [6, 6.07) is 20.5. The summed E-state index contributed by atoms with van der Waals surface area (Å²) >= 11 is 0. The van der Waals surface area contributed by atoms with Crippen LogP contribution in [0.5, 0.6) is 0 Å². The van der Waals surface area contributed by atoms with Gasteiger partial charge in [0.1, 0.15) is 17.5 Å². The molecule has 2 atom stereocenters. The lowest BCUT2D eigenvalue weighted by molar-refractivity contribution is -0.119. The van der Waals surface area contributed by atoms with Gasteiger partial charge in [-0.3, -0.25) is 19.2 Å². The van der Waals surface area contributed by atoms with E-state index in [0.29, 0.717) is 19.5 Å². The van der Waals surface area contributed by atoms with Crippen LogP contribution < -0.4 is 5.73 Å². The molecule has 1 aliphatic carbocycles. The van der Waals surface area contributed by atoms with Crippen molar-refractivity contribution >= 4 is 11.7 Å². The van der Waals surface area contributed by atoms with Gasteiger partial charge in [0.2, 0.25) is 0 Å². The fraction of sp³-hybridized carbons (Fsp3) is 0.379. The van der Waals surface area contributed by atoms with Gasteiger partial charge in [-0.2, -0.15) is 10.4 Å². The fourth-order valence-corrected chi connectivity index (χ4v) is 5.20.